The van der Waals surface area contributed by atoms with E-state index < -0.39 is 32.1 Å². The highest BCUT2D eigenvalue weighted by molar-refractivity contribution is 9.10. The number of ether oxygens (including phenoxy) is 4. The molecule has 2 saturated carbocycles. The van der Waals surface area contributed by atoms with E-state index in [2.05, 4.69) is 81.3 Å². The maximum Gasteiger partial charge on any atom is 0.519 e. The molecule has 2 aliphatic rings. The van der Waals surface area contributed by atoms with Crippen LogP contribution in [-0.2, 0) is 22.9 Å². The normalized spacial score (nSPS) is 19.5. The van der Waals surface area contributed by atoms with Crippen LogP contribution >= 0.6 is 31.9 Å². The fraction of sp³-hybridized carbons (Fsp3) is 0.537. The van der Waals surface area contributed by atoms with Crippen molar-refractivity contribution in [2.45, 2.75) is 127 Å². The number of carbonyl (C=O) groups is 1. The average Bonchev–Trinajstić information content (AvgIpc) is 3.98. The molecule has 19 heteroatoms. The summed E-state index contributed by atoms with van der Waals surface area (Å²) in [6.07, 6.45) is 3.24. The van der Waals surface area contributed by atoms with Gasteiger partial charge in [0.15, 0.2) is 0 Å². The number of hydrogen-bond acceptors (Lipinski definition) is 11. The van der Waals surface area contributed by atoms with Gasteiger partial charge in [-0.3, -0.25) is 20.2 Å². The van der Waals surface area contributed by atoms with Crippen LogP contribution in [0.25, 0.3) is 0 Å². The van der Waals surface area contributed by atoms with Crippen molar-refractivity contribution in [3.8, 4) is 11.5 Å². The molecule has 0 amide bonds. The zero-order chi connectivity index (χ0) is 43.4. The summed E-state index contributed by atoms with van der Waals surface area (Å²) in [5.41, 5.74) is 2.86. The molecule has 15 nitrogen and oxygen atoms in total. The highest BCUT2D eigenvalue weighted by atomic mass is 79.9. The third-order valence-corrected chi connectivity index (χ3v) is 15.5. The molecule has 4 aromatic rings. The van der Waals surface area contributed by atoms with Crippen molar-refractivity contribution in [2.24, 2.45) is 0 Å². The van der Waals surface area contributed by atoms with Gasteiger partial charge in [-0.1, -0.05) is 39.3 Å². The van der Waals surface area contributed by atoms with Crippen LogP contribution < -0.4 is 9.47 Å². The molecule has 60 heavy (non-hydrogen) atoms. The van der Waals surface area contributed by atoms with Crippen LogP contribution in [0.5, 0.6) is 11.5 Å². The van der Waals surface area contributed by atoms with Gasteiger partial charge in [0.2, 0.25) is 0 Å². The summed E-state index contributed by atoms with van der Waals surface area (Å²) in [6.45, 7) is 15.8. The molecule has 0 spiro atoms. The second-order valence-electron chi connectivity index (χ2n) is 18.3. The molecule has 4 atom stereocenters. The van der Waals surface area contributed by atoms with Gasteiger partial charge in [-0.15, -0.1) is 0 Å². The number of nitrogens with zero attached hydrogens (tertiary/aromatic N) is 6. The monoisotopic (exact) mass is 988 g/mol. The predicted octanol–water partition coefficient (Wildman–Crippen LogP) is 11.7. The van der Waals surface area contributed by atoms with Gasteiger partial charge < -0.3 is 18.9 Å². The first-order valence-electron chi connectivity index (χ1n) is 20.4. The average molecular weight is 991 g/mol. The Bertz CT molecular complexity index is 2040. The zero-order valence-corrected chi connectivity index (χ0v) is 40.2. The Labute approximate surface area is 369 Å². The van der Waals surface area contributed by atoms with Crippen molar-refractivity contribution in [2.75, 3.05) is 13.2 Å². The van der Waals surface area contributed by atoms with E-state index in [-0.39, 0.29) is 46.5 Å². The molecule has 2 fully saturated rings. The molecule has 6 rings (SSSR count). The summed E-state index contributed by atoms with van der Waals surface area (Å²) in [5.74, 6) is 0.198. The predicted molar refractivity (Wildman–Crippen MR) is 240 cm³/mol. The second kappa shape index (κ2) is 19.5. The Morgan fingerprint density at radius 1 is 0.667 bits per heavy atom. The fourth-order valence-electron chi connectivity index (χ4n) is 8.11. The summed E-state index contributed by atoms with van der Waals surface area (Å²) in [4.78, 5) is 36.5. The summed E-state index contributed by atoms with van der Waals surface area (Å²) in [6, 6.07) is 14.5. The number of carbonyl (C=O) groups excluding carboxylic acids is 1. The minimum Gasteiger partial charge on any atom is -0.394 e. The molecule has 2 aromatic carbocycles. The molecule has 4 unspecified atom stereocenters. The molecule has 0 radical (unpaired) electrons. The van der Waals surface area contributed by atoms with E-state index in [0.29, 0.717) is 72.7 Å². The number of rotatable bonds is 18. The quantitative estimate of drug-likeness (QED) is 0.0231. The molecule has 2 aromatic heterocycles. The summed E-state index contributed by atoms with van der Waals surface area (Å²) < 4.78 is 28.9. The zero-order valence-electron chi connectivity index (χ0n) is 35.0. The van der Waals surface area contributed by atoms with E-state index in [1.165, 1.54) is 36.4 Å². The SMILES string of the molecule is C[Si](C)(C)CCOCn1nc(Br)cc1C1CCC(c2cc([N+](=O)[O-])ccc2OC(=O)Oc2ccc([N+](=O)[O-])cc2C2CCC(c3cc(Br)nn3COCC[Si](C)(C)C)C2)C1. The molecule has 0 bridgehead atoms. The van der Waals surface area contributed by atoms with Crippen LogP contribution in [0.2, 0.25) is 51.4 Å². The Balaban J connectivity index is 1.17. The van der Waals surface area contributed by atoms with Gasteiger partial charge in [0, 0.05) is 88.0 Å². The van der Waals surface area contributed by atoms with Crippen LogP contribution in [0.1, 0.15) is 84.7 Å². The first-order valence-corrected chi connectivity index (χ1v) is 29.4. The number of aromatic nitrogens is 4. The lowest BCUT2D eigenvalue weighted by Gasteiger charge is -2.19. The van der Waals surface area contributed by atoms with Crippen molar-refractivity contribution < 1.29 is 33.6 Å². The summed E-state index contributed by atoms with van der Waals surface area (Å²) in [7, 11) is -2.51. The van der Waals surface area contributed by atoms with Crippen molar-refractivity contribution in [1.82, 2.24) is 19.6 Å². The Morgan fingerprint density at radius 3 is 1.42 bits per heavy atom. The van der Waals surface area contributed by atoms with Crippen LogP contribution in [-0.4, -0.2) is 64.9 Å². The smallest absolute Gasteiger partial charge is 0.394 e. The lowest BCUT2D eigenvalue weighted by Crippen LogP contribution is -2.22. The van der Waals surface area contributed by atoms with Gasteiger partial charge >= 0.3 is 6.16 Å². The lowest BCUT2D eigenvalue weighted by molar-refractivity contribution is -0.385. The molecular weight excluding hydrogens is 936 g/mol. The Morgan fingerprint density at radius 2 is 1.05 bits per heavy atom. The topological polar surface area (TPSA) is 176 Å². The van der Waals surface area contributed by atoms with E-state index >= 15 is 0 Å². The summed E-state index contributed by atoms with van der Waals surface area (Å²) in [5, 5.41) is 33.1. The molecular formula is C41H54Br2N6O9Si2. The van der Waals surface area contributed by atoms with E-state index in [0.717, 1.165) is 36.3 Å². The summed E-state index contributed by atoms with van der Waals surface area (Å²) >= 11 is 7.05. The van der Waals surface area contributed by atoms with E-state index in [4.69, 9.17) is 18.9 Å². The molecule has 324 valence electrons. The highest BCUT2D eigenvalue weighted by Crippen LogP contribution is 2.49. The maximum atomic E-state index is 13.6. The molecule has 0 saturated heterocycles. The minimum absolute atomic E-state index is 0.0913. The van der Waals surface area contributed by atoms with Crippen LogP contribution in [0.3, 0.4) is 0 Å². The van der Waals surface area contributed by atoms with E-state index in [1.807, 2.05) is 21.5 Å². The van der Waals surface area contributed by atoms with Crippen LogP contribution in [0, 0.1) is 20.2 Å². The van der Waals surface area contributed by atoms with Gasteiger partial charge in [0.1, 0.15) is 34.2 Å². The van der Waals surface area contributed by atoms with Gasteiger partial charge in [-0.2, -0.15) is 10.2 Å². The lowest BCUT2D eigenvalue weighted by atomic mass is 9.94. The number of nitro groups is 2. The Hall–Kier alpha value is -3.76. The van der Waals surface area contributed by atoms with E-state index in [9.17, 15) is 25.0 Å². The standard InChI is InChI=1S/C41H54Br2N6O9Si2/c1-59(2,3)17-15-55-25-46-35(23-39(42)44-46)29-9-7-27(19-29)33-21-31(48(51)52)11-13-37(33)57-41(50)58-38-14-12-32(49(53)54)22-34(38)28-8-10-30(20-28)36-24-40(43)45-47(36)26-56-16-18-60(4,5)6/h11-14,21-24,27-30H,7-10,15-20,25-26H2,1-6H3. The number of nitro benzene ring substituents is 2. The number of non-ortho nitro benzene ring substituents is 2. The van der Waals surface area contributed by atoms with Gasteiger partial charge in [-0.25, -0.2) is 14.2 Å². The molecule has 0 N–H and O–H groups in total. The minimum atomic E-state index is -1.26. The third-order valence-electron chi connectivity index (χ3n) is 11.4. The largest absolute Gasteiger partial charge is 0.519 e. The van der Waals surface area contributed by atoms with Gasteiger partial charge in [0.25, 0.3) is 11.4 Å². The van der Waals surface area contributed by atoms with Crippen LogP contribution in [0.4, 0.5) is 16.2 Å². The van der Waals surface area contributed by atoms with Gasteiger partial charge in [-0.05, 0) is 119 Å². The number of benzene rings is 2. The van der Waals surface area contributed by atoms with Crippen molar-refractivity contribution in [3.05, 3.63) is 100 Å². The third kappa shape index (κ3) is 12.2. The second-order valence-corrected chi connectivity index (χ2v) is 31.2. The first-order chi connectivity index (χ1) is 28.3. The van der Waals surface area contributed by atoms with Crippen molar-refractivity contribution in [3.63, 3.8) is 0 Å². The highest BCUT2D eigenvalue weighted by Gasteiger charge is 2.35. The van der Waals surface area contributed by atoms with Crippen molar-refractivity contribution >= 4 is 65.5 Å². The number of hydrogen-bond donors (Lipinski definition) is 0. The van der Waals surface area contributed by atoms with Crippen LogP contribution in [0.15, 0.2) is 57.7 Å². The first kappa shape index (κ1) is 45.8. The number of halogens is 2. The Kier molecular flexibility index (Phi) is 14.9. The van der Waals surface area contributed by atoms with Crippen molar-refractivity contribution in [1.29, 1.82) is 0 Å². The van der Waals surface area contributed by atoms with E-state index in [1.54, 1.807) is 0 Å². The molecule has 2 aliphatic carbocycles. The maximum absolute atomic E-state index is 13.6. The molecule has 0 aliphatic heterocycles. The fourth-order valence-corrected chi connectivity index (χ4v) is 10.5. The van der Waals surface area contributed by atoms with Gasteiger partial charge in [0.05, 0.1) is 9.85 Å². The molecule has 2 heterocycles.